The smallest absolute Gasteiger partial charge is 0.266 e. The molecule has 1 atom stereocenters. The van der Waals surface area contributed by atoms with E-state index in [4.69, 9.17) is 9.47 Å². The second kappa shape index (κ2) is 8.02. The van der Waals surface area contributed by atoms with Gasteiger partial charge in [0.05, 0.1) is 22.9 Å². The van der Waals surface area contributed by atoms with Crippen LogP contribution in [0.5, 0.6) is 5.75 Å². The van der Waals surface area contributed by atoms with Gasteiger partial charge in [0.25, 0.3) is 5.91 Å². The lowest BCUT2D eigenvalue weighted by atomic mass is 10.2. The van der Waals surface area contributed by atoms with Crippen LogP contribution >= 0.6 is 11.3 Å². The van der Waals surface area contributed by atoms with Gasteiger partial charge in [-0.25, -0.2) is 9.37 Å². The predicted octanol–water partition coefficient (Wildman–Crippen LogP) is 4.03. The molecule has 7 heteroatoms. The standard InChI is InChI=1S/C20H19FN2O3S/c21-14-5-3-6-15(11-14)26-13-19(24)23(12-16-7-4-10-25-16)20-22-17-8-1-2-9-18(17)27-20/h1-3,5-6,8-9,11,16H,4,7,10,12-13H2/t16-/m0/s1. The number of carbonyl (C=O) groups excluding carboxylic acids is 1. The van der Waals surface area contributed by atoms with Crippen molar-refractivity contribution in [2.45, 2.75) is 18.9 Å². The number of halogens is 1. The van der Waals surface area contributed by atoms with Gasteiger partial charge in [-0.2, -0.15) is 0 Å². The average molecular weight is 386 g/mol. The molecule has 140 valence electrons. The van der Waals surface area contributed by atoms with E-state index in [1.54, 1.807) is 17.0 Å². The molecule has 4 rings (SSSR count). The Morgan fingerprint density at radius 3 is 2.96 bits per heavy atom. The number of aromatic nitrogens is 1. The lowest BCUT2D eigenvalue weighted by Crippen LogP contribution is -2.40. The topological polar surface area (TPSA) is 51.7 Å². The summed E-state index contributed by atoms with van der Waals surface area (Å²) < 4.78 is 25.5. The van der Waals surface area contributed by atoms with E-state index in [2.05, 4.69) is 4.98 Å². The Morgan fingerprint density at radius 2 is 2.19 bits per heavy atom. The Labute approximate surface area is 160 Å². The van der Waals surface area contributed by atoms with E-state index in [1.807, 2.05) is 24.3 Å². The van der Waals surface area contributed by atoms with Gasteiger partial charge in [-0.15, -0.1) is 0 Å². The number of para-hydroxylation sites is 1. The molecule has 3 aromatic rings. The molecule has 1 fully saturated rings. The van der Waals surface area contributed by atoms with Crippen molar-refractivity contribution in [1.82, 2.24) is 4.98 Å². The number of benzene rings is 2. The van der Waals surface area contributed by atoms with E-state index < -0.39 is 5.82 Å². The zero-order valence-electron chi connectivity index (χ0n) is 14.6. The Kier molecular flexibility index (Phi) is 5.31. The second-order valence-electron chi connectivity index (χ2n) is 6.35. The first-order valence-corrected chi connectivity index (χ1v) is 9.66. The summed E-state index contributed by atoms with van der Waals surface area (Å²) in [4.78, 5) is 19.1. The second-order valence-corrected chi connectivity index (χ2v) is 7.36. The molecule has 0 unspecified atom stereocenters. The molecule has 0 N–H and O–H groups in total. The maximum absolute atomic E-state index is 13.3. The van der Waals surface area contributed by atoms with Crippen LogP contribution in [0.25, 0.3) is 10.2 Å². The molecule has 1 saturated heterocycles. The predicted molar refractivity (Wildman–Crippen MR) is 103 cm³/mol. The summed E-state index contributed by atoms with van der Waals surface area (Å²) in [7, 11) is 0. The van der Waals surface area contributed by atoms with Crippen molar-refractivity contribution in [3.63, 3.8) is 0 Å². The Morgan fingerprint density at radius 1 is 1.30 bits per heavy atom. The van der Waals surface area contributed by atoms with Gasteiger partial charge in [0.2, 0.25) is 0 Å². The number of ether oxygens (including phenoxy) is 2. The molecule has 0 radical (unpaired) electrons. The zero-order chi connectivity index (χ0) is 18.6. The maximum Gasteiger partial charge on any atom is 0.266 e. The number of fused-ring (bicyclic) bond motifs is 1. The summed E-state index contributed by atoms with van der Waals surface area (Å²) in [5.74, 6) is -0.305. The number of carbonyl (C=O) groups is 1. The van der Waals surface area contributed by atoms with Crippen LogP contribution in [0.1, 0.15) is 12.8 Å². The molecule has 1 aromatic heterocycles. The Balaban J connectivity index is 1.53. The van der Waals surface area contributed by atoms with Gasteiger partial charge in [0.1, 0.15) is 11.6 Å². The van der Waals surface area contributed by atoms with Crippen LogP contribution in [0.15, 0.2) is 48.5 Å². The van der Waals surface area contributed by atoms with Crippen molar-refractivity contribution in [1.29, 1.82) is 0 Å². The normalized spacial score (nSPS) is 16.6. The number of anilines is 1. The van der Waals surface area contributed by atoms with Crippen LogP contribution in [-0.2, 0) is 9.53 Å². The minimum Gasteiger partial charge on any atom is -0.484 e. The van der Waals surface area contributed by atoms with Gasteiger partial charge in [-0.05, 0) is 37.1 Å². The highest BCUT2D eigenvalue weighted by Gasteiger charge is 2.26. The van der Waals surface area contributed by atoms with Gasteiger partial charge in [0, 0.05) is 12.7 Å². The molecule has 0 spiro atoms. The van der Waals surface area contributed by atoms with E-state index in [0.29, 0.717) is 24.0 Å². The zero-order valence-corrected chi connectivity index (χ0v) is 15.5. The van der Waals surface area contributed by atoms with Gasteiger partial charge >= 0.3 is 0 Å². The van der Waals surface area contributed by atoms with Crippen molar-refractivity contribution in [3.05, 3.63) is 54.3 Å². The van der Waals surface area contributed by atoms with Crippen molar-refractivity contribution in [2.24, 2.45) is 0 Å². The molecule has 1 amide bonds. The van der Waals surface area contributed by atoms with Crippen LogP contribution in [-0.4, -0.2) is 36.8 Å². The third kappa shape index (κ3) is 4.26. The molecule has 5 nitrogen and oxygen atoms in total. The number of thiazole rings is 1. The van der Waals surface area contributed by atoms with E-state index in [9.17, 15) is 9.18 Å². The van der Waals surface area contributed by atoms with Gasteiger partial charge in [-0.1, -0.05) is 29.5 Å². The molecule has 0 saturated carbocycles. The van der Waals surface area contributed by atoms with Gasteiger partial charge < -0.3 is 9.47 Å². The summed E-state index contributed by atoms with van der Waals surface area (Å²) in [6.45, 7) is 0.962. The van der Waals surface area contributed by atoms with Crippen molar-refractivity contribution < 1.29 is 18.7 Å². The largest absolute Gasteiger partial charge is 0.484 e. The molecule has 0 aliphatic carbocycles. The molecule has 2 aromatic carbocycles. The SMILES string of the molecule is O=C(COc1cccc(F)c1)N(C[C@@H]1CCCO1)c1nc2ccccc2s1. The first-order chi connectivity index (χ1) is 13.2. The first kappa shape index (κ1) is 17.9. The summed E-state index contributed by atoms with van der Waals surface area (Å²) in [5.41, 5.74) is 0.855. The summed E-state index contributed by atoms with van der Waals surface area (Å²) in [6.07, 6.45) is 1.90. The molecule has 1 aliphatic heterocycles. The molecule has 2 heterocycles. The third-order valence-corrected chi connectivity index (χ3v) is 5.44. The quantitative estimate of drug-likeness (QED) is 0.642. The summed E-state index contributed by atoms with van der Waals surface area (Å²) in [5, 5.41) is 0.625. The number of hydrogen-bond donors (Lipinski definition) is 0. The third-order valence-electron chi connectivity index (χ3n) is 4.38. The monoisotopic (exact) mass is 386 g/mol. The Hall–Kier alpha value is -2.51. The highest BCUT2D eigenvalue weighted by atomic mass is 32.1. The first-order valence-electron chi connectivity index (χ1n) is 8.85. The van der Waals surface area contributed by atoms with E-state index in [0.717, 1.165) is 23.1 Å². The molecule has 27 heavy (non-hydrogen) atoms. The Bertz CT molecular complexity index is 907. The lowest BCUT2D eigenvalue weighted by molar-refractivity contribution is -0.120. The summed E-state index contributed by atoms with van der Waals surface area (Å²) in [6, 6.07) is 13.5. The molecular formula is C20H19FN2O3S. The number of nitrogens with zero attached hydrogens (tertiary/aromatic N) is 2. The minimum absolute atomic E-state index is 0.00451. The number of rotatable bonds is 6. The highest BCUT2D eigenvalue weighted by Crippen LogP contribution is 2.30. The lowest BCUT2D eigenvalue weighted by Gasteiger charge is -2.23. The fraction of sp³-hybridized carbons (Fsp3) is 0.300. The van der Waals surface area contributed by atoms with Crippen molar-refractivity contribution >= 4 is 32.6 Å². The maximum atomic E-state index is 13.3. The van der Waals surface area contributed by atoms with Crippen molar-refractivity contribution in [2.75, 3.05) is 24.7 Å². The van der Waals surface area contributed by atoms with E-state index >= 15 is 0 Å². The molecule has 1 aliphatic rings. The number of hydrogen-bond acceptors (Lipinski definition) is 5. The summed E-state index contributed by atoms with van der Waals surface area (Å²) >= 11 is 1.46. The molecular weight excluding hydrogens is 367 g/mol. The van der Waals surface area contributed by atoms with Crippen LogP contribution in [0.3, 0.4) is 0 Å². The van der Waals surface area contributed by atoms with Gasteiger partial charge in [-0.3, -0.25) is 9.69 Å². The van der Waals surface area contributed by atoms with E-state index in [-0.39, 0.29) is 18.6 Å². The van der Waals surface area contributed by atoms with Crippen LogP contribution in [0.2, 0.25) is 0 Å². The van der Waals surface area contributed by atoms with Crippen LogP contribution in [0.4, 0.5) is 9.52 Å². The van der Waals surface area contributed by atoms with Crippen LogP contribution in [0, 0.1) is 5.82 Å². The van der Waals surface area contributed by atoms with Gasteiger partial charge in [0.15, 0.2) is 11.7 Å². The fourth-order valence-electron chi connectivity index (χ4n) is 3.03. The van der Waals surface area contributed by atoms with Crippen LogP contribution < -0.4 is 9.64 Å². The highest BCUT2D eigenvalue weighted by molar-refractivity contribution is 7.22. The van der Waals surface area contributed by atoms with Crippen molar-refractivity contribution in [3.8, 4) is 5.75 Å². The number of amides is 1. The molecule has 0 bridgehead atoms. The minimum atomic E-state index is -0.401. The van der Waals surface area contributed by atoms with E-state index in [1.165, 1.54) is 23.5 Å². The fourth-order valence-corrected chi connectivity index (χ4v) is 4.03. The average Bonchev–Trinajstić information content (AvgIpc) is 3.33.